The molecule has 2 aliphatic heterocycles. The Morgan fingerprint density at radius 1 is 0.708 bits per heavy atom. The van der Waals surface area contributed by atoms with Gasteiger partial charge in [-0.1, -0.05) is 0 Å². The number of hydrogen-bond acceptors (Lipinski definition) is 11. The molecule has 0 saturated carbocycles. The van der Waals surface area contributed by atoms with E-state index in [0.29, 0.717) is 0 Å². The van der Waals surface area contributed by atoms with Crippen molar-refractivity contribution in [2.75, 3.05) is 20.3 Å². The quantitative estimate of drug-likeness (QED) is 0.251. The third kappa shape index (κ3) is 3.71. The minimum absolute atomic E-state index is 0.592. The highest BCUT2D eigenvalue weighted by molar-refractivity contribution is 4.93. The molecule has 0 aromatic rings. The zero-order valence-electron chi connectivity index (χ0n) is 13.0. The average Bonchev–Trinajstić information content (AvgIpc) is 2.59. The molecule has 2 fully saturated rings. The van der Waals surface area contributed by atoms with E-state index in [9.17, 15) is 30.6 Å². The summed E-state index contributed by atoms with van der Waals surface area (Å²) in [6.45, 7) is -1.24. The monoisotopic (exact) mass is 356 g/mol. The van der Waals surface area contributed by atoms with Crippen LogP contribution in [0.15, 0.2) is 0 Å². The lowest BCUT2D eigenvalue weighted by molar-refractivity contribution is -0.357. The van der Waals surface area contributed by atoms with Gasteiger partial charge in [0, 0.05) is 7.11 Å². The zero-order valence-corrected chi connectivity index (χ0v) is 13.0. The van der Waals surface area contributed by atoms with Crippen LogP contribution in [0.2, 0.25) is 0 Å². The number of aliphatic hydroxyl groups excluding tert-OH is 7. The van der Waals surface area contributed by atoms with Gasteiger partial charge in [0.1, 0.15) is 48.8 Å². The van der Waals surface area contributed by atoms with Gasteiger partial charge in [0.05, 0.1) is 13.2 Å². The van der Waals surface area contributed by atoms with Crippen LogP contribution in [0.4, 0.5) is 0 Å². The molecule has 0 aromatic heterocycles. The van der Waals surface area contributed by atoms with Gasteiger partial charge >= 0.3 is 0 Å². The summed E-state index contributed by atoms with van der Waals surface area (Å²) >= 11 is 0. The third-order valence-electron chi connectivity index (χ3n) is 4.19. The van der Waals surface area contributed by atoms with Crippen LogP contribution in [0.5, 0.6) is 0 Å². The van der Waals surface area contributed by atoms with Crippen LogP contribution < -0.4 is 0 Å². The van der Waals surface area contributed by atoms with E-state index >= 15 is 0 Å². The van der Waals surface area contributed by atoms with Crippen LogP contribution in [-0.4, -0.2) is 117 Å². The molecular weight excluding hydrogens is 332 g/mol. The SMILES string of the molecule is CO[C@H]1O[C@H](CO)[C@H](O[C@H]2O[C@H](CO)[C@@H](O)[C@H](O)[C@@H]2O)[C@H](O)[C@@H]1O. The molecule has 142 valence electrons. The normalized spacial score (nSPS) is 50.0. The van der Waals surface area contributed by atoms with E-state index < -0.39 is 74.6 Å². The second-order valence-electron chi connectivity index (χ2n) is 5.74. The zero-order chi connectivity index (χ0) is 18.0. The van der Waals surface area contributed by atoms with Gasteiger partial charge in [-0.25, -0.2) is 0 Å². The van der Waals surface area contributed by atoms with E-state index in [4.69, 9.17) is 24.1 Å². The van der Waals surface area contributed by atoms with Gasteiger partial charge in [0.25, 0.3) is 0 Å². The van der Waals surface area contributed by atoms with Crippen molar-refractivity contribution < 1.29 is 54.7 Å². The standard InChI is InChI=1S/C13H24O11/c1-21-12-10(20)8(18)11(5(3-15)23-12)24-13-9(19)7(17)6(16)4(2-14)22-13/h4-20H,2-3H2,1H3/t4-,5-,6-,7+,8-,9+,10+,11+,12+,13-/m1/s1. The first-order valence-electron chi connectivity index (χ1n) is 7.46. The number of aliphatic hydroxyl groups is 7. The van der Waals surface area contributed by atoms with Crippen molar-refractivity contribution in [3.05, 3.63) is 0 Å². The van der Waals surface area contributed by atoms with Crippen LogP contribution in [0.3, 0.4) is 0 Å². The molecule has 0 bridgehead atoms. The Labute approximate surface area is 137 Å². The maximum absolute atomic E-state index is 10.2. The predicted octanol–water partition coefficient (Wildman–Crippen LogP) is -4.74. The van der Waals surface area contributed by atoms with Gasteiger partial charge in [-0.05, 0) is 0 Å². The van der Waals surface area contributed by atoms with Gasteiger partial charge in [0.2, 0.25) is 0 Å². The molecular formula is C13H24O11. The molecule has 7 N–H and O–H groups in total. The molecule has 0 unspecified atom stereocenters. The molecule has 0 radical (unpaired) electrons. The summed E-state index contributed by atoms with van der Waals surface area (Å²) in [5.74, 6) is 0. The molecule has 2 aliphatic rings. The van der Waals surface area contributed by atoms with Crippen molar-refractivity contribution in [3.63, 3.8) is 0 Å². The lowest BCUT2D eigenvalue weighted by Crippen LogP contribution is -2.64. The summed E-state index contributed by atoms with van der Waals surface area (Å²) in [6.07, 6.45) is -14.3. The molecule has 11 heteroatoms. The Bertz CT molecular complexity index is 392. The Kier molecular flexibility index (Phi) is 6.87. The topological polar surface area (TPSA) is 179 Å². The number of ether oxygens (including phenoxy) is 4. The van der Waals surface area contributed by atoms with E-state index in [1.54, 1.807) is 0 Å². The van der Waals surface area contributed by atoms with Crippen LogP contribution in [-0.2, 0) is 18.9 Å². The second kappa shape index (κ2) is 8.29. The first-order valence-corrected chi connectivity index (χ1v) is 7.46. The predicted molar refractivity (Wildman–Crippen MR) is 73.4 cm³/mol. The molecule has 11 nitrogen and oxygen atoms in total. The number of hydrogen-bond donors (Lipinski definition) is 7. The van der Waals surface area contributed by atoms with E-state index in [-0.39, 0.29) is 0 Å². The highest BCUT2D eigenvalue weighted by Crippen LogP contribution is 2.29. The summed E-state index contributed by atoms with van der Waals surface area (Å²) in [6, 6.07) is 0. The molecule has 0 aromatic carbocycles. The van der Waals surface area contributed by atoms with Crippen LogP contribution in [0.25, 0.3) is 0 Å². The fourth-order valence-electron chi connectivity index (χ4n) is 2.75. The van der Waals surface area contributed by atoms with E-state index in [2.05, 4.69) is 0 Å². The van der Waals surface area contributed by atoms with Crippen LogP contribution >= 0.6 is 0 Å². The molecule has 0 aliphatic carbocycles. The molecule has 2 saturated heterocycles. The van der Waals surface area contributed by atoms with Crippen molar-refractivity contribution in [1.82, 2.24) is 0 Å². The van der Waals surface area contributed by atoms with E-state index in [1.165, 1.54) is 7.11 Å². The molecule has 24 heavy (non-hydrogen) atoms. The first-order chi connectivity index (χ1) is 11.3. The molecule has 2 heterocycles. The van der Waals surface area contributed by atoms with Gasteiger partial charge in [-0.2, -0.15) is 0 Å². The Hall–Kier alpha value is -0.440. The molecule has 0 spiro atoms. The van der Waals surface area contributed by atoms with Crippen LogP contribution in [0, 0.1) is 0 Å². The summed E-state index contributed by atoms with van der Waals surface area (Å²) in [5, 5.41) is 68.0. The fraction of sp³-hybridized carbons (Fsp3) is 1.00. The van der Waals surface area contributed by atoms with Crippen molar-refractivity contribution >= 4 is 0 Å². The van der Waals surface area contributed by atoms with Gasteiger partial charge in [-0.15, -0.1) is 0 Å². The van der Waals surface area contributed by atoms with E-state index in [1.807, 2.05) is 0 Å². The van der Waals surface area contributed by atoms with Crippen molar-refractivity contribution in [1.29, 1.82) is 0 Å². The van der Waals surface area contributed by atoms with Crippen molar-refractivity contribution in [2.24, 2.45) is 0 Å². The molecule has 0 amide bonds. The second-order valence-corrected chi connectivity index (χ2v) is 5.74. The maximum atomic E-state index is 10.2. The van der Waals surface area contributed by atoms with Gasteiger partial charge in [0.15, 0.2) is 12.6 Å². The number of methoxy groups -OCH3 is 1. The molecule has 2 rings (SSSR count). The van der Waals surface area contributed by atoms with Crippen molar-refractivity contribution in [2.45, 2.75) is 61.4 Å². The minimum Gasteiger partial charge on any atom is -0.394 e. The third-order valence-corrected chi connectivity index (χ3v) is 4.19. The summed E-state index contributed by atoms with van der Waals surface area (Å²) in [7, 11) is 1.24. The van der Waals surface area contributed by atoms with Crippen molar-refractivity contribution in [3.8, 4) is 0 Å². The maximum Gasteiger partial charge on any atom is 0.187 e. The first kappa shape index (κ1) is 19.9. The summed E-state index contributed by atoms with van der Waals surface area (Å²) in [4.78, 5) is 0. The smallest absolute Gasteiger partial charge is 0.187 e. The Morgan fingerprint density at radius 2 is 1.25 bits per heavy atom. The largest absolute Gasteiger partial charge is 0.394 e. The highest BCUT2D eigenvalue weighted by atomic mass is 16.7. The minimum atomic E-state index is -1.69. The van der Waals surface area contributed by atoms with Gasteiger partial charge in [-0.3, -0.25) is 0 Å². The van der Waals surface area contributed by atoms with Crippen LogP contribution in [0.1, 0.15) is 0 Å². The summed E-state index contributed by atoms with van der Waals surface area (Å²) in [5.41, 5.74) is 0. The summed E-state index contributed by atoms with van der Waals surface area (Å²) < 4.78 is 20.6. The molecule has 10 atom stereocenters. The van der Waals surface area contributed by atoms with Gasteiger partial charge < -0.3 is 54.7 Å². The Morgan fingerprint density at radius 3 is 1.79 bits per heavy atom. The Balaban J connectivity index is 2.12. The fourth-order valence-corrected chi connectivity index (χ4v) is 2.75. The highest BCUT2D eigenvalue weighted by Gasteiger charge is 2.50. The average molecular weight is 356 g/mol. The lowest BCUT2D eigenvalue weighted by Gasteiger charge is -2.45. The number of rotatable bonds is 5. The van der Waals surface area contributed by atoms with E-state index in [0.717, 1.165) is 0 Å². The lowest BCUT2D eigenvalue weighted by atomic mass is 9.97.